The number of sulfonamides is 1. The van der Waals surface area contributed by atoms with Gasteiger partial charge in [0.25, 0.3) is 0 Å². The van der Waals surface area contributed by atoms with E-state index in [4.69, 9.17) is 0 Å². The molecule has 0 spiro atoms. The highest BCUT2D eigenvalue weighted by molar-refractivity contribution is 7.89. The second kappa shape index (κ2) is 6.10. The molecule has 1 unspecified atom stereocenters. The first-order valence-corrected chi connectivity index (χ1v) is 9.44. The van der Waals surface area contributed by atoms with Crippen molar-refractivity contribution in [2.75, 3.05) is 13.1 Å². The van der Waals surface area contributed by atoms with Crippen LogP contribution in [-0.4, -0.2) is 25.8 Å². The fraction of sp³-hybridized carbons (Fsp3) is 0.368. The maximum atomic E-state index is 12.9. The summed E-state index contributed by atoms with van der Waals surface area (Å²) in [7, 11) is -3.43. The van der Waals surface area contributed by atoms with E-state index in [0.29, 0.717) is 23.9 Å². The third kappa shape index (κ3) is 3.33. The Balaban J connectivity index is 1.89. The molecule has 0 saturated carbocycles. The molecule has 0 amide bonds. The fourth-order valence-electron chi connectivity index (χ4n) is 3.14. The van der Waals surface area contributed by atoms with E-state index in [-0.39, 0.29) is 0 Å². The molecule has 0 N–H and O–H groups in total. The highest BCUT2D eigenvalue weighted by atomic mass is 32.2. The molecule has 122 valence electrons. The summed E-state index contributed by atoms with van der Waals surface area (Å²) in [5.41, 5.74) is 4.65. The third-order valence-electron chi connectivity index (χ3n) is 4.48. The molecule has 2 aliphatic rings. The van der Waals surface area contributed by atoms with Gasteiger partial charge in [0.2, 0.25) is 10.0 Å². The first kappa shape index (κ1) is 16.2. The Morgan fingerprint density at radius 2 is 1.78 bits per heavy atom. The minimum absolute atomic E-state index is 0.380. The summed E-state index contributed by atoms with van der Waals surface area (Å²) in [5, 5.41) is 0. The molecule has 1 aromatic carbocycles. The van der Waals surface area contributed by atoms with Gasteiger partial charge in [-0.15, -0.1) is 0 Å². The van der Waals surface area contributed by atoms with Crippen LogP contribution in [0.5, 0.6) is 0 Å². The van der Waals surface area contributed by atoms with E-state index < -0.39 is 10.0 Å². The van der Waals surface area contributed by atoms with Crippen molar-refractivity contribution >= 4 is 10.0 Å². The van der Waals surface area contributed by atoms with Crippen molar-refractivity contribution in [3.63, 3.8) is 0 Å². The Hall–Kier alpha value is -1.65. The lowest BCUT2D eigenvalue weighted by atomic mass is 9.94. The van der Waals surface area contributed by atoms with Gasteiger partial charge in [-0.1, -0.05) is 48.4 Å². The Labute approximate surface area is 139 Å². The van der Waals surface area contributed by atoms with Crippen LogP contribution in [0.15, 0.2) is 64.1 Å². The van der Waals surface area contributed by atoms with Crippen LogP contribution >= 0.6 is 0 Å². The Bertz CT molecular complexity index is 798. The monoisotopic (exact) mass is 329 g/mol. The minimum atomic E-state index is -3.43. The summed E-state index contributed by atoms with van der Waals surface area (Å²) in [6.45, 7) is 7.19. The summed E-state index contributed by atoms with van der Waals surface area (Å²) in [6, 6.07) is 7.10. The topological polar surface area (TPSA) is 37.4 Å². The summed E-state index contributed by atoms with van der Waals surface area (Å²) in [5.74, 6) is 0.436. The predicted octanol–water partition coefficient (Wildman–Crippen LogP) is 3.84. The van der Waals surface area contributed by atoms with Crippen LogP contribution in [0, 0.1) is 12.8 Å². The highest BCUT2D eigenvalue weighted by Crippen LogP contribution is 2.31. The molecule has 0 fully saturated rings. The van der Waals surface area contributed by atoms with Crippen LogP contribution in [0.4, 0.5) is 0 Å². The Morgan fingerprint density at radius 3 is 2.48 bits per heavy atom. The third-order valence-corrected chi connectivity index (χ3v) is 6.29. The van der Waals surface area contributed by atoms with Crippen LogP contribution in [-0.2, 0) is 10.0 Å². The molecule has 1 aliphatic heterocycles. The van der Waals surface area contributed by atoms with Crippen molar-refractivity contribution in [2.24, 2.45) is 5.92 Å². The van der Waals surface area contributed by atoms with Crippen molar-refractivity contribution in [2.45, 2.75) is 32.1 Å². The summed E-state index contributed by atoms with van der Waals surface area (Å²) in [4.78, 5) is 0.380. The quantitative estimate of drug-likeness (QED) is 0.827. The summed E-state index contributed by atoms with van der Waals surface area (Å²) >= 11 is 0. The fourth-order valence-corrected chi connectivity index (χ4v) is 4.55. The number of hydrogen-bond donors (Lipinski definition) is 0. The molecule has 0 saturated heterocycles. The lowest BCUT2D eigenvalue weighted by Gasteiger charge is -2.17. The van der Waals surface area contributed by atoms with Crippen LogP contribution in [0.2, 0.25) is 0 Å². The van der Waals surface area contributed by atoms with Gasteiger partial charge < -0.3 is 0 Å². The van der Waals surface area contributed by atoms with Crippen LogP contribution in [0.1, 0.15) is 25.8 Å². The van der Waals surface area contributed by atoms with Crippen LogP contribution in [0.25, 0.3) is 0 Å². The molecule has 1 heterocycles. The number of aryl methyl sites for hydroxylation is 1. The van der Waals surface area contributed by atoms with Gasteiger partial charge in [-0.2, -0.15) is 4.31 Å². The van der Waals surface area contributed by atoms with Gasteiger partial charge >= 0.3 is 0 Å². The van der Waals surface area contributed by atoms with Gasteiger partial charge in [-0.25, -0.2) is 8.42 Å². The van der Waals surface area contributed by atoms with E-state index in [1.54, 1.807) is 16.4 Å². The SMILES string of the molecule is CC1=C/C2=C(CC(C)/C=C\1)CN(S(=O)(=O)c1ccc(C)cc1)C2. The standard InChI is InChI=1S/C19H23NO2S/c1-14-6-8-19(9-7-14)23(21,22)20-12-17-10-15(2)4-5-16(3)11-18(17)13-20/h4-10,16H,11-13H2,1-3H3/b5-4-,15-10-. The molecule has 0 aromatic heterocycles. The van der Waals surface area contributed by atoms with E-state index >= 15 is 0 Å². The molecule has 1 aromatic rings. The number of allylic oxidation sites excluding steroid dienone is 3. The smallest absolute Gasteiger partial charge is 0.207 e. The predicted molar refractivity (Wildman–Crippen MR) is 93.6 cm³/mol. The molecular formula is C19H23NO2S. The van der Waals surface area contributed by atoms with Gasteiger partial charge in [0, 0.05) is 13.1 Å². The van der Waals surface area contributed by atoms with Crippen LogP contribution < -0.4 is 0 Å². The molecule has 1 aliphatic carbocycles. The van der Waals surface area contributed by atoms with E-state index in [1.807, 2.05) is 19.1 Å². The molecule has 23 heavy (non-hydrogen) atoms. The maximum absolute atomic E-state index is 12.9. The van der Waals surface area contributed by atoms with Crippen LogP contribution in [0.3, 0.4) is 0 Å². The minimum Gasteiger partial charge on any atom is -0.207 e. The lowest BCUT2D eigenvalue weighted by molar-refractivity contribution is 0.478. The number of benzene rings is 1. The van der Waals surface area contributed by atoms with Crippen molar-refractivity contribution in [3.8, 4) is 0 Å². The average Bonchev–Trinajstić information content (AvgIpc) is 2.87. The molecular weight excluding hydrogens is 306 g/mol. The van der Waals surface area contributed by atoms with Crippen molar-refractivity contribution < 1.29 is 8.42 Å². The number of hydrogen-bond acceptors (Lipinski definition) is 2. The van der Waals surface area contributed by atoms with Crippen molar-refractivity contribution in [3.05, 3.63) is 64.8 Å². The number of rotatable bonds is 2. The molecule has 3 rings (SSSR count). The lowest BCUT2D eigenvalue weighted by Crippen LogP contribution is -2.29. The zero-order chi connectivity index (χ0) is 16.6. The Morgan fingerprint density at radius 1 is 1.09 bits per heavy atom. The zero-order valence-electron chi connectivity index (χ0n) is 13.9. The second-order valence-electron chi connectivity index (χ2n) is 6.64. The molecule has 0 bridgehead atoms. The van der Waals surface area contributed by atoms with Crippen molar-refractivity contribution in [1.82, 2.24) is 4.31 Å². The first-order chi connectivity index (χ1) is 10.9. The molecule has 0 radical (unpaired) electrons. The maximum Gasteiger partial charge on any atom is 0.243 e. The van der Waals surface area contributed by atoms with Crippen molar-refractivity contribution in [1.29, 1.82) is 0 Å². The van der Waals surface area contributed by atoms with Gasteiger partial charge in [0.1, 0.15) is 0 Å². The van der Waals surface area contributed by atoms with Gasteiger partial charge in [-0.05, 0) is 49.5 Å². The Kier molecular flexibility index (Phi) is 4.30. The number of nitrogens with zero attached hydrogens (tertiary/aromatic N) is 1. The van der Waals surface area contributed by atoms with Gasteiger partial charge in [0.05, 0.1) is 4.90 Å². The largest absolute Gasteiger partial charge is 0.243 e. The molecule has 4 heteroatoms. The van der Waals surface area contributed by atoms with E-state index in [2.05, 4.69) is 32.1 Å². The normalized spacial score (nSPS) is 26.2. The van der Waals surface area contributed by atoms with E-state index in [1.165, 1.54) is 11.1 Å². The second-order valence-corrected chi connectivity index (χ2v) is 8.58. The van der Waals surface area contributed by atoms with E-state index in [0.717, 1.165) is 17.6 Å². The van der Waals surface area contributed by atoms with Gasteiger partial charge in [-0.3, -0.25) is 0 Å². The molecule has 1 atom stereocenters. The van der Waals surface area contributed by atoms with E-state index in [9.17, 15) is 8.42 Å². The molecule has 3 nitrogen and oxygen atoms in total. The highest BCUT2D eigenvalue weighted by Gasteiger charge is 2.32. The average molecular weight is 329 g/mol. The first-order valence-electron chi connectivity index (χ1n) is 8.00. The zero-order valence-corrected chi connectivity index (χ0v) is 14.7. The summed E-state index contributed by atoms with van der Waals surface area (Å²) < 4.78 is 27.4. The summed E-state index contributed by atoms with van der Waals surface area (Å²) in [6.07, 6.45) is 7.39. The van der Waals surface area contributed by atoms with Gasteiger partial charge in [0.15, 0.2) is 0 Å².